The first-order chi connectivity index (χ1) is 27.2. The zero-order valence-corrected chi connectivity index (χ0v) is 30.4. The molecule has 0 radical (unpaired) electrons. The van der Waals surface area contributed by atoms with Crippen molar-refractivity contribution in [3.63, 3.8) is 0 Å². The van der Waals surface area contributed by atoms with E-state index in [-0.39, 0.29) is 5.41 Å². The average Bonchev–Trinajstić information content (AvgIpc) is 3.75. The highest BCUT2D eigenvalue weighted by Gasteiger charge is 2.62. The fraction of sp³-hybridized carbons (Fsp3) is 0.196. The van der Waals surface area contributed by atoms with Crippen molar-refractivity contribution in [1.29, 1.82) is 0 Å². The summed E-state index contributed by atoms with van der Waals surface area (Å²) in [4.78, 5) is 15.4. The summed E-state index contributed by atoms with van der Waals surface area (Å²) in [5, 5.41) is 7.20. The van der Waals surface area contributed by atoms with E-state index >= 15 is 0 Å². The third-order valence-electron chi connectivity index (χ3n) is 14.1. The van der Waals surface area contributed by atoms with E-state index in [1.165, 1.54) is 59.6 Å². The molecular formula is C51H37N3O. The van der Waals surface area contributed by atoms with Crippen LogP contribution in [0.3, 0.4) is 0 Å². The van der Waals surface area contributed by atoms with Crippen LogP contribution in [-0.4, -0.2) is 15.0 Å². The maximum atomic E-state index is 7.09. The topological polar surface area (TPSA) is 51.8 Å². The Kier molecular flexibility index (Phi) is 6.03. The Balaban J connectivity index is 1.09. The van der Waals surface area contributed by atoms with Crippen molar-refractivity contribution in [2.24, 2.45) is 23.7 Å². The van der Waals surface area contributed by atoms with Crippen molar-refractivity contribution in [3.05, 3.63) is 151 Å². The van der Waals surface area contributed by atoms with Crippen LogP contribution in [0.2, 0.25) is 0 Å². The van der Waals surface area contributed by atoms with Gasteiger partial charge in [0, 0.05) is 38.3 Å². The van der Waals surface area contributed by atoms with Gasteiger partial charge < -0.3 is 4.42 Å². The lowest BCUT2D eigenvalue weighted by Gasteiger charge is -2.61. The fourth-order valence-corrected chi connectivity index (χ4v) is 12.2. The second-order valence-corrected chi connectivity index (χ2v) is 16.8. The summed E-state index contributed by atoms with van der Waals surface area (Å²) in [5.41, 5.74) is 10.8. The lowest BCUT2D eigenvalue weighted by molar-refractivity contribution is -0.0393. The third-order valence-corrected chi connectivity index (χ3v) is 14.1. The van der Waals surface area contributed by atoms with Crippen LogP contribution in [0.5, 0.6) is 0 Å². The SMILES string of the molecule is c1ccc(-c2nc(-c3ccccc3)nc(-c3cc4c5cc6c(cc5oc4c4ccccc34)C3(c4c-6ccc5ccccc45)C4CC5CC(C4)CC3C5)n2)cc1. The minimum absolute atomic E-state index is 0.0336. The molecule has 4 bridgehead atoms. The van der Waals surface area contributed by atoms with Gasteiger partial charge in [-0.15, -0.1) is 0 Å². The van der Waals surface area contributed by atoms with E-state index in [9.17, 15) is 0 Å². The molecule has 0 saturated heterocycles. The molecule has 0 atom stereocenters. The number of furan rings is 1. The number of hydrogen-bond acceptors (Lipinski definition) is 4. The van der Waals surface area contributed by atoms with Crippen LogP contribution in [0.15, 0.2) is 144 Å². The number of aromatic nitrogens is 3. The van der Waals surface area contributed by atoms with Gasteiger partial charge in [0.15, 0.2) is 17.5 Å². The highest BCUT2D eigenvalue weighted by Crippen LogP contribution is 2.70. The van der Waals surface area contributed by atoms with E-state index in [0.717, 1.165) is 61.2 Å². The smallest absolute Gasteiger partial charge is 0.164 e. The summed E-state index contributed by atoms with van der Waals surface area (Å²) in [5.74, 6) is 5.09. The summed E-state index contributed by atoms with van der Waals surface area (Å²) in [7, 11) is 0. The first-order valence-corrected chi connectivity index (χ1v) is 20.0. The van der Waals surface area contributed by atoms with Crippen molar-refractivity contribution in [2.75, 3.05) is 0 Å². The molecule has 14 rings (SSSR count). The van der Waals surface area contributed by atoms with Crippen molar-refractivity contribution in [2.45, 2.75) is 37.5 Å². The van der Waals surface area contributed by atoms with E-state index < -0.39 is 0 Å². The molecule has 0 unspecified atom stereocenters. The molecule has 55 heavy (non-hydrogen) atoms. The second-order valence-electron chi connectivity index (χ2n) is 16.8. The van der Waals surface area contributed by atoms with E-state index in [1.54, 1.807) is 5.56 Å². The average molecular weight is 708 g/mol. The molecule has 5 aliphatic carbocycles. The molecule has 2 heterocycles. The summed E-state index contributed by atoms with van der Waals surface area (Å²) in [6.07, 6.45) is 6.84. The van der Waals surface area contributed by atoms with Crippen molar-refractivity contribution in [3.8, 4) is 45.3 Å². The minimum Gasteiger partial charge on any atom is -0.455 e. The number of rotatable bonds is 3. The number of benzene rings is 7. The maximum absolute atomic E-state index is 7.09. The van der Waals surface area contributed by atoms with E-state index in [4.69, 9.17) is 19.4 Å². The molecule has 5 aliphatic rings. The fourth-order valence-electron chi connectivity index (χ4n) is 12.2. The molecule has 4 nitrogen and oxygen atoms in total. The van der Waals surface area contributed by atoms with Crippen molar-refractivity contribution in [1.82, 2.24) is 15.0 Å². The summed E-state index contributed by atoms with van der Waals surface area (Å²) >= 11 is 0. The van der Waals surface area contributed by atoms with Crippen LogP contribution < -0.4 is 0 Å². The van der Waals surface area contributed by atoms with E-state index in [2.05, 4.69) is 103 Å². The molecule has 9 aromatic rings. The van der Waals surface area contributed by atoms with Crippen LogP contribution in [0.4, 0.5) is 0 Å². The lowest BCUT2D eigenvalue weighted by Crippen LogP contribution is -2.55. The van der Waals surface area contributed by atoms with E-state index in [1.807, 2.05) is 36.4 Å². The van der Waals surface area contributed by atoms with Gasteiger partial charge in [-0.2, -0.15) is 0 Å². The molecule has 0 N–H and O–H groups in total. The van der Waals surface area contributed by atoms with Gasteiger partial charge >= 0.3 is 0 Å². The Morgan fingerprint density at radius 1 is 0.455 bits per heavy atom. The first-order valence-electron chi connectivity index (χ1n) is 20.0. The zero-order chi connectivity index (χ0) is 35.8. The largest absolute Gasteiger partial charge is 0.455 e. The van der Waals surface area contributed by atoms with Gasteiger partial charge in [-0.3, -0.25) is 0 Å². The highest BCUT2D eigenvalue weighted by molar-refractivity contribution is 6.20. The molecule has 7 aromatic carbocycles. The molecule has 4 saturated carbocycles. The first kappa shape index (κ1) is 30.2. The second kappa shape index (κ2) is 11.0. The molecular weight excluding hydrogens is 671 g/mol. The van der Waals surface area contributed by atoms with Crippen molar-refractivity contribution >= 4 is 43.5 Å². The van der Waals surface area contributed by atoms with Crippen molar-refractivity contribution < 1.29 is 4.42 Å². The Labute approximate surface area is 318 Å². The normalized spacial score (nSPS) is 23.3. The van der Waals surface area contributed by atoms with Gasteiger partial charge in [0.05, 0.1) is 0 Å². The highest BCUT2D eigenvalue weighted by atomic mass is 16.3. The maximum Gasteiger partial charge on any atom is 0.164 e. The lowest BCUT2D eigenvalue weighted by atomic mass is 9.43. The van der Waals surface area contributed by atoms with Gasteiger partial charge in [-0.05, 0) is 112 Å². The number of fused-ring (bicyclic) bond motifs is 10. The standard InChI is InChI=1S/C51H37N3O/c1-3-12-32(13-4-1)48-52-49(33-14-5-2-6-15-33)54-50(53-48)43-27-42-41-26-40-38-20-19-31-11-7-8-16-36(31)46(38)51(34-22-29-21-30(24-34)25-35(51)23-29)44(40)28-45(41)55-47(42)39-18-10-9-17-37(39)43/h1-20,26-30,34-35H,21-25H2. The Morgan fingerprint density at radius 3 is 1.73 bits per heavy atom. The summed E-state index contributed by atoms with van der Waals surface area (Å²) < 4.78 is 7.09. The Morgan fingerprint density at radius 2 is 1.04 bits per heavy atom. The molecule has 4 fully saturated rings. The van der Waals surface area contributed by atoms with Crippen LogP contribution in [-0.2, 0) is 5.41 Å². The number of nitrogens with zero attached hydrogens (tertiary/aromatic N) is 3. The van der Waals surface area contributed by atoms with Gasteiger partial charge in [0.1, 0.15) is 11.2 Å². The quantitative estimate of drug-likeness (QED) is 0.183. The Hall–Kier alpha value is -6.13. The van der Waals surface area contributed by atoms with Crippen LogP contribution in [0, 0.1) is 23.7 Å². The Bertz CT molecular complexity index is 2970. The monoisotopic (exact) mass is 707 g/mol. The molecule has 0 amide bonds. The molecule has 0 aliphatic heterocycles. The number of hydrogen-bond donors (Lipinski definition) is 0. The molecule has 1 spiro atoms. The van der Waals surface area contributed by atoms with Crippen LogP contribution in [0.1, 0.15) is 43.2 Å². The van der Waals surface area contributed by atoms with Gasteiger partial charge in [-0.25, -0.2) is 15.0 Å². The summed E-state index contributed by atoms with van der Waals surface area (Å²) in [6, 6.07) is 50.2. The van der Waals surface area contributed by atoms with Crippen LogP contribution >= 0.6 is 0 Å². The van der Waals surface area contributed by atoms with Crippen LogP contribution in [0.25, 0.3) is 88.8 Å². The third kappa shape index (κ3) is 4.09. The van der Waals surface area contributed by atoms with E-state index in [0.29, 0.717) is 29.3 Å². The summed E-state index contributed by atoms with van der Waals surface area (Å²) in [6.45, 7) is 0. The molecule has 262 valence electrons. The minimum atomic E-state index is 0.0336. The van der Waals surface area contributed by atoms with Gasteiger partial charge in [-0.1, -0.05) is 121 Å². The molecule has 2 aromatic heterocycles. The van der Waals surface area contributed by atoms with Gasteiger partial charge in [0.25, 0.3) is 0 Å². The van der Waals surface area contributed by atoms with Gasteiger partial charge in [0.2, 0.25) is 0 Å². The predicted molar refractivity (Wildman–Crippen MR) is 222 cm³/mol. The predicted octanol–water partition coefficient (Wildman–Crippen LogP) is 12.8. The zero-order valence-electron chi connectivity index (χ0n) is 30.4. The molecule has 4 heteroatoms.